The van der Waals surface area contributed by atoms with Gasteiger partial charge in [0.05, 0.1) is 23.0 Å². The van der Waals surface area contributed by atoms with Crippen molar-refractivity contribution in [3.8, 4) is 11.3 Å². The summed E-state index contributed by atoms with van der Waals surface area (Å²) in [5.41, 5.74) is 11.4. The highest BCUT2D eigenvalue weighted by Gasteiger charge is 2.42. The summed E-state index contributed by atoms with van der Waals surface area (Å²) in [6.07, 6.45) is 5.43. The Morgan fingerprint density at radius 3 is 2.46 bits per heavy atom. The van der Waals surface area contributed by atoms with Gasteiger partial charge in [-0.3, -0.25) is 14.6 Å². The zero-order valence-electron chi connectivity index (χ0n) is 16.3. The highest BCUT2D eigenvalue weighted by atomic mass is 16.4. The van der Waals surface area contributed by atoms with Gasteiger partial charge in [-0.25, -0.2) is 4.98 Å². The number of hydrogen-bond acceptors (Lipinski definition) is 4. The predicted molar refractivity (Wildman–Crippen MR) is 105 cm³/mol. The number of aliphatic carboxylic acids is 1. The van der Waals surface area contributed by atoms with Crippen molar-refractivity contribution in [2.45, 2.75) is 57.8 Å². The number of benzene rings is 1. The van der Waals surface area contributed by atoms with E-state index in [4.69, 9.17) is 5.73 Å². The second-order valence-corrected chi connectivity index (χ2v) is 8.22. The SMILES string of the molecule is Cc1nc(C)c(-c2ccc3c(c2)CC[C@]32CC[C@H](C(=O)O)CC2)nc1C(N)=O. The van der Waals surface area contributed by atoms with Crippen molar-refractivity contribution in [3.05, 3.63) is 46.4 Å². The van der Waals surface area contributed by atoms with Gasteiger partial charge in [0.1, 0.15) is 5.69 Å². The molecule has 0 aliphatic heterocycles. The van der Waals surface area contributed by atoms with Crippen LogP contribution in [0.1, 0.15) is 65.1 Å². The Balaban J connectivity index is 1.68. The Hall–Kier alpha value is -2.76. The Kier molecular flexibility index (Phi) is 4.44. The number of carbonyl (C=O) groups excluding carboxylic acids is 1. The summed E-state index contributed by atoms with van der Waals surface area (Å²) >= 11 is 0. The van der Waals surface area contributed by atoms with Crippen molar-refractivity contribution in [1.82, 2.24) is 9.97 Å². The number of nitrogens with two attached hydrogens (primary N) is 1. The number of amides is 1. The van der Waals surface area contributed by atoms with Crippen LogP contribution in [0.25, 0.3) is 11.3 Å². The lowest BCUT2D eigenvalue weighted by Gasteiger charge is -2.37. The maximum atomic E-state index is 11.7. The molecule has 1 spiro atoms. The zero-order chi connectivity index (χ0) is 20.1. The van der Waals surface area contributed by atoms with Gasteiger partial charge in [-0.05, 0) is 75.0 Å². The van der Waals surface area contributed by atoms with Gasteiger partial charge in [0.2, 0.25) is 0 Å². The molecule has 0 unspecified atom stereocenters. The molecule has 1 aromatic heterocycles. The van der Waals surface area contributed by atoms with Crippen LogP contribution in [-0.4, -0.2) is 27.0 Å². The number of hydrogen-bond donors (Lipinski definition) is 2. The van der Waals surface area contributed by atoms with Crippen LogP contribution in [-0.2, 0) is 16.6 Å². The average Bonchev–Trinajstić information content (AvgIpc) is 2.99. The van der Waals surface area contributed by atoms with Crippen molar-refractivity contribution in [1.29, 1.82) is 0 Å². The van der Waals surface area contributed by atoms with Crippen LogP contribution in [0.5, 0.6) is 0 Å². The maximum Gasteiger partial charge on any atom is 0.306 e. The molecule has 4 rings (SSSR count). The lowest BCUT2D eigenvalue weighted by Crippen LogP contribution is -2.32. The summed E-state index contributed by atoms with van der Waals surface area (Å²) in [7, 11) is 0. The van der Waals surface area contributed by atoms with Gasteiger partial charge >= 0.3 is 5.97 Å². The van der Waals surface area contributed by atoms with E-state index >= 15 is 0 Å². The van der Waals surface area contributed by atoms with E-state index in [1.54, 1.807) is 6.92 Å². The van der Waals surface area contributed by atoms with Gasteiger partial charge in [-0.15, -0.1) is 0 Å². The number of carboxylic acids is 1. The van der Waals surface area contributed by atoms with E-state index in [0.717, 1.165) is 49.8 Å². The molecule has 0 saturated heterocycles. The molecule has 1 heterocycles. The van der Waals surface area contributed by atoms with Crippen LogP contribution in [0.4, 0.5) is 0 Å². The van der Waals surface area contributed by atoms with E-state index in [0.29, 0.717) is 11.4 Å². The van der Waals surface area contributed by atoms with Crippen molar-refractivity contribution < 1.29 is 14.7 Å². The Morgan fingerprint density at radius 1 is 1.11 bits per heavy atom. The normalized spacial score (nSPS) is 23.6. The first kappa shape index (κ1) is 18.6. The molecule has 1 amide bonds. The van der Waals surface area contributed by atoms with Gasteiger partial charge in [0.25, 0.3) is 5.91 Å². The average molecular weight is 379 g/mol. The molecular weight excluding hydrogens is 354 g/mol. The fourth-order valence-corrected chi connectivity index (χ4v) is 5.05. The van der Waals surface area contributed by atoms with Crippen LogP contribution in [0, 0.1) is 19.8 Å². The summed E-state index contributed by atoms with van der Waals surface area (Å²) < 4.78 is 0. The number of aryl methyl sites for hydroxylation is 3. The van der Waals surface area contributed by atoms with E-state index in [2.05, 4.69) is 22.1 Å². The highest BCUT2D eigenvalue weighted by Crippen LogP contribution is 2.50. The van der Waals surface area contributed by atoms with Crippen molar-refractivity contribution >= 4 is 11.9 Å². The minimum Gasteiger partial charge on any atom is -0.481 e. The third-order valence-corrected chi connectivity index (χ3v) is 6.59. The van der Waals surface area contributed by atoms with E-state index in [1.807, 2.05) is 13.0 Å². The predicted octanol–water partition coefficient (Wildman–Crippen LogP) is 3.32. The summed E-state index contributed by atoms with van der Waals surface area (Å²) in [6.45, 7) is 3.63. The summed E-state index contributed by atoms with van der Waals surface area (Å²) in [6, 6.07) is 6.38. The first-order valence-corrected chi connectivity index (χ1v) is 9.82. The molecule has 6 heteroatoms. The maximum absolute atomic E-state index is 11.7. The fourth-order valence-electron chi connectivity index (χ4n) is 5.05. The van der Waals surface area contributed by atoms with E-state index in [1.165, 1.54) is 11.1 Å². The summed E-state index contributed by atoms with van der Waals surface area (Å²) in [5, 5.41) is 9.29. The second kappa shape index (κ2) is 6.69. The molecule has 3 N–H and O–H groups in total. The van der Waals surface area contributed by atoms with Crippen molar-refractivity contribution in [2.24, 2.45) is 11.7 Å². The van der Waals surface area contributed by atoms with Crippen LogP contribution in [0.3, 0.4) is 0 Å². The quantitative estimate of drug-likeness (QED) is 0.851. The van der Waals surface area contributed by atoms with Crippen molar-refractivity contribution in [3.63, 3.8) is 0 Å². The van der Waals surface area contributed by atoms with Crippen LogP contribution >= 0.6 is 0 Å². The molecule has 2 aliphatic rings. The highest BCUT2D eigenvalue weighted by molar-refractivity contribution is 5.92. The minimum absolute atomic E-state index is 0.117. The number of primary amides is 1. The lowest BCUT2D eigenvalue weighted by molar-refractivity contribution is -0.143. The molecule has 1 fully saturated rings. The number of aromatic nitrogens is 2. The standard InChI is InChI=1S/C22H25N3O3/c1-12-18(25-19(20(23)26)13(2)24-12)16-3-4-17-15(11-16)7-10-22(17)8-5-14(6-9-22)21(27)28/h3-4,11,14H,5-10H2,1-2H3,(H2,23,26)(H,27,28)/t14-,22+. The van der Waals surface area contributed by atoms with E-state index in [-0.39, 0.29) is 17.0 Å². The Labute approximate surface area is 164 Å². The van der Waals surface area contributed by atoms with E-state index in [9.17, 15) is 14.7 Å². The lowest BCUT2D eigenvalue weighted by atomic mass is 9.67. The molecule has 1 aromatic carbocycles. The molecule has 6 nitrogen and oxygen atoms in total. The van der Waals surface area contributed by atoms with Gasteiger partial charge in [0.15, 0.2) is 0 Å². The second-order valence-electron chi connectivity index (χ2n) is 8.22. The topological polar surface area (TPSA) is 106 Å². The van der Waals surface area contributed by atoms with Gasteiger partial charge in [-0.2, -0.15) is 0 Å². The number of carbonyl (C=O) groups is 2. The smallest absolute Gasteiger partial charge is 0.306 e. The van der Waals surface area contributed by atoms with Gasteiger partial charge in [-0.1, -0.05) is 12.1 Å². The molecule has 0 bridgehead atoms. The molecule has 0 atom stereocenters. The first-order chi connectivity index (χ1) is 13.3. The Morgan fingerprint density at radius 2 is 1.82 bits per heavy atom. The van der Waals surface area contributed by atoms with Gasteiger partial charge < -0.3 is 10.8 Å². The van der Waals surface area contributed by atoms with Crippen LogP contribution in [0.2, 0.25) is 0 Å². The number of rotatable bonds is 3. The third-order valence-electron chi connectivity index (χ3n) is 6.59. The number of nitrogens with zero attached hydrogens (tertiary/aromatic N) is 2. The molecule has 2 aromatic rings. The van der Waals surface area contributed by atoms with Crippen molar-refractivity contribution in [2.75, 3.05) is 0 Å². The number of carboxylic acid groups (broad SMARTS) is 1. The molecule has 1 saturated carbocycles. The fraction of sp³-hybridized carbons (Fsp3) is 0.455. The van der Waals surface area contributed by atoms with Gasteiger partial charge in [0, 0.05) is 5.56 Å². The van der Waals surface area contributed by atoms with Crippen LogP contribution in [0.15, 0.2) is 18.2 Å². The molecular formula is C22H25N3O3. The molecule has 146 valence electrons. The van der Waals surface area contributed by atoms with E-state index < -0.39 is 11.9 Å². The molecule has 28 heavy (non-hydrogen) atoms. The monoisotopic (exact) mass is 379 g/mol. The molecule has 0 radical (unpaired) electrons. The third kappa shape index (κ3) is 2.97. The minimum atomic E-state index is -0.665. The summed E-state index contributed by atoms with van der Waals surface area (Å²) in [5.74, 6) is -1.43. The largest absolute Gasteiger partial charge is 0.481 e. The number of fused-ring (bicyclic) bond motifs is 2. The Bertz CT molecular complexity index is 975. The van der Waals surface area contributed by atoms with Crippen LogP contribution < -0.4 is 5.73 Å². The first-order valence-electron chi connectivity index (χ1n) is 9.82. The zero-order valence-corrected chi connectivity index (χ0v) is 16.3. The molecule has 2 aliphatic carbocycles. The summed E-state index contributed by atoms with van der Waals surface area (Å²) in [4.78, 5) is 31.9.